The molecule has 1 aromatic rings. The molecule has 0 aliphatic heterocycles. The lowest BCUT2D eigenvalue weighted by Crippen LogP contribution is -2.36. The van der Waals surface area contributed by atoms with Crippen molar-refractivity contribution in [3.63, 3.8) is 0 Å². The van der Waals surface area contributed by atoms with Gasteiger partial charge in [0.2, 0.25) is 15.9 Å². The average Bonchev–Trinajstić information content (AvgIpc) is 2.47. The molecule has 1 amide bonds. The molecule has 114 valence electrons. The van der Waals surface area contributed by atoms with Gasteiger partial charge >= 0.3 is 0 Å². The monoisotopic (exact) mass is 308 g/mol. The highest BCUT2D eigenvalue weighted by molar-refractivity contribution is 7.89. The van der Waals surface area contributed by atoms with Crippen molar-refractivity contribution in [1.82, 2.24) is 5.32 Å². The van der Waals surface area contributed by atoms with Crippen LogP contribution in [0.3, 0.4) is 0 Å². The summed E-state index contributed by atoms with van der Waals surface area (Å²) in [4.78, 5) is 11.4. The van der Waals surface area contributed by atoms with Gasteiger partial charge in [0.1, 0.15) is 0 Å². The topological polar surface area (TPSA) is 89.3 Å². The third kappa shape index (κ3) is 4.15. The summed E-state index contributed by atoms with van der Waals surface area (Å²) in [6, 6.07) is 6.96. The molecule has 1 aliphatic rings. The molecule has 21 heavy (non-hydrogen) atoms. The number of primary sulfonamides is 1. The van der Waals surface area contributed by atoms with E-state index in [1.165, 1.54) is 6.08 Å². The van der Waals surface area contributed by atoms with Gasteiger partial charge in [-0.25, -0.2) is 13.6 Å². The predicted octanol–water partition coefficient (Wildman–Crippen LogP) is 1.66. The summed E-state index contributed by atoms with van der Waals surface area (Å²) in [6.07, 6.45) is 5.06. The predicted molar refractivity (Wildman–Crippen MR) is 81.2 cm³/mol. The maximum Gasteiger partial charge on any atom is 0.243 e. The second kappa shape index (κ2) is 6.41. The molecule has 2 rings (SSSR count). The number of carbonyl (C=O) groups is 1. The van der Waals surface area contributed by atoms with Gasteiger partial charge in [-0.3, -0.25) is 4.79 Å². The van der Waals surface area contributed by atoms with Crippen molar-refractivity contribution < 1.29 is 13.2 Å². The highest BCUT2D eigenvalue weighted by Gasteiger charge is 2.23. The maximum atomic E-state index is 11.3. The summed E-state index contributed by atoms with van der Waals surface area (Å²) in [5, 5.41) is 8.00. The van der Waals surface area contributed by atoms with Crippen LogP contribution < -0.4 is 10.5 Å². The largest absolute Gasteiger partial charge is 0.350 e. The van der Waals surface area contributed by atoms with Crippen LogP contribution in [-0.2, 0) is 14.8 Å². The maximum absolute atomic E-state index is 11.3. The normalized spacial score (nSPS) is 22.5. The van der Waals surface area contributed by atoms with Crippen LogP contribution in [0.2, 0.25) is 0 Å². The van der Waals surface area contributed by atoms with Gasteiger partial charge in [0.25, 0.3) is 0 Å². The quantitative estimate of drug-likeness (QED) is 0.829. The molecule has 1 aromatic carbocycles. The molecule has 0 radical (unpaired) electrons. The minimum absolute atomic E-state index is 0.129. The summed E-state index contributed by atoms with van der Waals surface area (Å²) in [7, 11) is -3.63. The van der Waals surface area contributed by atoms with Crippen LogP contribution in [0.25, 0.3) is 0 Å². The van der Waals surface area contributed by atoms with Crippen LogP contribution in [0.15, 0.2) is 41.8 Å². The van der Waals surface area contributed by atoms with Gasteiger partial charge in [-0.15, -0.1) is 0 Å². The zero-order valence-electron chi connectivity index (χ0n) is 11.8. The van der Waals surface area contributed by atoms with E-state index in [-0.39, 0.29) is 16.8 Å². The van der Waals surface area contributed by atoms with Crippen LogP contribution in [-0.4, -0.2) is 20.4 Å². The molecule has 0 spiro atoms. The fourth-order valence-electron chi connectivity index (χ4n) is 2.76. The molecular weight excluding hydrogens is 288 g/mol. The van der Waals surface area contributed by atoms with Crippen molar-refractivity contribution >= 4 is 15.9 Å². The number of hydrogen-bond donors (Lipinski definition) is 2. The number of nitrogens with one attached hydrogen (secondary N) is 1. The number of benzene rings is 1. The van der Waals surface area contributed by atoms with Crippen molar-refractivity contribution in [1.29, 1.82) is 0 Å². The highest BCUT2D eigenvalue weighted by Crippen LogP contribution is 2.33. The third-order valence-electron chi connectivity index (χ3n) is 3.94. The van der Waals surface area contributed by atoms with Gasteiger partial charge in [0, 0.05) is 6.04 Å². The lowest BCUT2D eigenvalue weighted by atomic mass is 9.82. The number of hydrogen-bond acceptors (Lipinski definition) is 3. The summed E-state index contributed by atoms with van der Waals surface area (Å²) in [5.74, 6) is 0.271. The van der Waals surface area contributed by atoms with E-state index in [4.69, 9.17) is 5.14 Å². The lowest BCUT2D eigenvalue weighted by Gasteiger charge is -2.29. The van der Waals surface area contributed by atoms with E-state index in [1.807, 2.05) is 12.1 Å². The average molecular weight is 308 g/mol. The molecule has 3 N–H and O–H groups in total. The summed E-state index contributed by atoms with van der Waals surface area (Å²) in [5.41, 5.74) is 1.12. The Balaban J connectivity index is 1.96. The van der Waals surface area contributed by atoms with Gasteiger partial charge in [0.15, 0.2) is 0 Å². The first-order valence-electron chi connectivity index (χ1n) is 6.96. The second-order valence-electron chi connectivity index (χ2n) is 5.38. The molecular formula is C15H20N2O3S. The first-order chi connectivity index (χ1) is 9.90. The van der Waals surface area contributed by atoms with E-state index >= 15 is 0 Å². The molecule has 1 aliphatic carbocycles. The summed E-state index contributed by atoms with van der Waals surface area (Å²) in [6.45, 7) is 3.45. The minimum Gasteiger partial charge on any atom is -0.350 e. The zero-order valence-corrected chi connectivity index (χ0v) is 12.6. The first-order valence-corrected chi connectivity index (χ1v) is 8.50. The zero-order chi connectivity index (χ0) is 15.5. The fraction of sp³-hybridized carbons (Fsp3) is 0.400. The molecule has 0 bridgehead atoms. The van der Waals surface area contributed by atoms with E-state index in [2.05, 4.69) is 11.9 Å². The van der Waals surface area contributed by atoms with E-state index in [9.17, 15) is 13.2 Å². The molecule has 6 heteroatoms. The van der Waals surface area contributed by atoms with Crippen LogP contribution in [0, 0.1) is 0 Å². The third-order valence-corrected chi connectivity index (χ3v) is 4.87. The molecule has 1 saturated carbocycles. The first kappa shape index (κ1) is 15.7. The molecule has 0 aromatic heterocycles. The van der Waals surface area contributed by atoms with E-state index in [1.54, 1.807) is 12.1 Å². The van der Waals surface area contributed by atoms with Gasteiger partial charge in [-0.1, -0.05) is 18.7 Å². The second-order valence-corrected chi connectivity index (χ2v) is 6.94. The van der Waals surface area contributed by atoms with Crippen molar-refractivity contribution in [3.8, 4) is 0 Å². The Hall–Kier alpha value is -1.66. The van der Waals surface area contributed by atoms with Crippen LogP contribution in [0.5, 0.6) is 0 Å². The minimum atomic E-state index is -3.63. The van der Waals surface area contributed by atoms with E-state index < -0.39 is 10.0 Å². The number of rotatable bonds is 4. The van der Waals surface area contributed by atoms with E-state index in [0.29, 0.717) is 5.92 Å². The molecule has 0 atom stereocenters. The van der Waals surface area contributed by atoms with Crippen molar-refractivity contribution in [2.75, 3.05) is 0 Å². The number of nitrogens with two attached hydrogens (primary N) is 1. The summed E-state index contributed by atoms with van der Waals surface area (Å²) < 4.78 is 22.4. The SMILES string of the molecule is C=CC(=O)NC1CCC(c2ccc(S(N)(=O)=O)cc2)CC1. The Labute approximate surface area is 125 Å². The Morgan fingerprint density at radius 1 is 1.19 bits per heavy atom. The van der Waals surface area contributed by atoms with Crippen LogP contribution >= 0.6 is 0 Å². The molecule has 0 heterocycles. The van der Waals surface area contributed by atoms with Crippen LogP contribution in [0.1, 0.15) is 37.2 Å². The molecule has 0 unspecified atom stereocenters. The van der Waals surface area contributed by atoms with E-state index in [0.717, 1.165) is 31.2 Å². The highest BCUT2D eigenvalue weighted by atomic mass is 32.2. The van der Waals surface area contributed by atoms with Gasteiger partial charge in [0.05, 0.1) is 4.90 Å². The van der Waals surface area contributed by atoms with Gasteiger partial charge in [-0.2, -0.15) is 0 Å². The van der Waals surface area contributed by atoms with Crippen molar-refractivity contribution in [2.45, 2.75) is 42.5 Å². The number of carbonyl (C=O) groups excluding carboxylic acids is 1. The van der Waals surface area contributed by atoms with Gasteiger partial charge < -0.3 is 5.32 Å². The molecule has 1 fully saturated rings. The number of amides is 1. The summed E-state index contributed by atoms with van der Waals surface area (Å²) >= 11 is 0. The lowest BCUT2D eigenvalue weighted by molar-refractivity contribution is -0.117. The Morgan fingerprint density at radius 2 is 1.76 bits per heavy atom. The van der Waals surface area contributed by atoms with Crippen LogP contribution in [0.4, 0.5) is 0 Å². The Bertz CT molecular complexity index is 615. The van der Waals surface area contributed by atoms with Crippen molar-refractivity contribution in [3.05, 3.63) is 42.5 Å². The Morgan fingerprint density at radius 3 is 2.24 bits per heavy atom. The fourth-order valence-corrected chi connectivity index (χ4v) is 3.28. The standard InChI is InChI=1S/C15H20N2O3S/c1-2-15(18)17-13-7-3-11(4-8-13)12-5-9-14(10-6-12)21(16,19)20/h2,5-6,9-11,13H,1,3-4,7-8H2,(H,17,18)(H2,16,19,20). The number of sulfonamides is 1. The molecule has 0 saturated heterocycles. The Kier molecular flexibility index (Phi) is 4.80. The van der Waals surface area contributed by atoms with Crippen molar-refractivity contribution in [2.24, 2.45) is 5.14 Å². The van der Waals surface area contributed by atoms with Gasteiger partial charge in [-0.05, 0) is 55.4 Å². The smallest absolute Gasteiger partial charge is 0.243 e. The molecule has 5 nitrogen and oxygen atoms in total.